The van der Waals surface area contributed by atoms with Crippen LogP contribution in [0.5, 0.6) is 0 Å². The molecule has 4 aromatic rings. The average molecular weight is 383 g/mol. The number of imidazole rings is 1. The quantitative estimate of drug-likeness (QED) is 0.585. The van der Waals surface area contributed by atoms with Gasteiger partial charge < -0.3 is 5.32 Å². The summed E-state index contributed by atoms with van der Waals surface area (Å²) in [5.74, 6) is 0.680. The van der Waals surface area contributed by atoms with Gasteiger partial charge in [0.2, 0.25) is 11.7 Å². The molecule has 1 atom stereocenters. The normalized spacial score (nSPS) is 15.4. The Labute approximate surface area is 154 Å². The van der Waals surface area contributed by atoms with Gasteiger partial charge in [0.15, 0.2) is 5.13 Å². The maximum atomic E-state index is 13.0. The number of hydrogen-bond donors (Lipinski definition) is 1. The van der Waals surface area contributed by atoms with Crippen molar-refractivity contribution >= 4 is 49.2 Å². The largest absolute Gasteiger partial charge is 0.302 e. The monoisotopic (exact) mass is 383 g/mol. The molecule has 0 radical (unpaired) electrons. The molecule has 1 aromatic carbocycles. The van der Waals surface area contributed by atoms with Crippen LogP contribution in [0.15, 0.2) is 52.8 Å². The molecule has 1 unspecified atom stereocenters. The summed E-state index contributed by atoms with van der Waals surface area (Å²) in [6.45, 7) is 0. The highest BCUT2D eigenvalue weighted by Crippen LogP contribution is 2.33. The Hall–Kier alpha value is -2.65. The minimum absolute atomic E-state index is 0.0334. The SMILES string of the molecule is O=C(Nc1nc2ccc(S(=O)c3cnc4ncccn34)cc2s1)C1CC1. The number of thiazole rings is 1. The number of carbonyl (C=O) groups is 1. The molecule has 1 aliphatic rings. The lowest BCUT2D eigenvalue weighted by Gasteiger charge is -2.01. The minimum atomic E-state index is -1.39. The van der Waals surface area contributed by atoms with Gasteiger partial charge in [-0.1, -0.05) is 11.3 Å². The summed E-state index contributed by atoms with van der Waals surface area (Å²) in [4.78, 5) is 25.3. The highest BCUT2D eigenvalue weighted by molar-refractivity contribution is 7.85. The van der Waals surface area contributed by atoms with Crippen molar-refractivity contribution in [2.45, 2.75) is 22.8 Å². The standard InChI is InChI=1S/C17H13N5O2S2/c23-15(10-2-3-10)21-17-20-12-5-4-11(8-13(12)25-17)26(24)14-9-19-16-18-6-1-7-22(14)16/h1,4-10H,2-3H2,(H,20,21,23). The third-order valence-corrected chi connectivity index (χ3v) is 6.49. The Bertz CT molecular complexity index is 1180. The van der Waals surface area contributed by atoms with Gasteiger partial charge >= 0.3 is 0 Å². The summed E-state index contributed by atoms with van der Waals surface area (Å²) in [6, 6.07) is 7.25. The fraction of sp³-hybridized carbons (Fsp3) is 0.176. The van der Waals surface area contributed by atoms with E-state index in [-0.39, 0.29) is 11.8 Å². The summed E-state index contributed by atoms with van der Waals surface area (Å²) in [5, 5.41) is 4.01. The molecular weight excluding hydrogens is 370 g/mol. The molecule has 1 saturated carbocycles. The van der Waals surface area contributed by atoms with Gasteiger partial charge in [-0.25, -0.2) is 19.2 Å². The predicted octanol–water partition coefficient (Wildman–Crippen LogP) is 2.85. The van der Waals surface area contributed by atoms with E-state index in [0.717, 1.165) is 23.1 Å². The number of anilines is 1. The molecule has 26 heavy (non-hydrogen) atoms. The number of nitrogens with one attached hydrogen (secondary N) is 1. The number of aromatic nitrogens is 4. The van der Waals surface area contributed by atoms with Gasteiger partial charge in [-0.05, 0) is 37.1 Å². The smallest absolute Gasteiger partial charge is 0.234 e. The molecule has 9 heteroatoms. The molecule has 130 valence electrons. The second-order valence-electron chi connectivity index (χ2n) is 6.07. The number of amides is 1. The summed E-state index contributed by atoms with van der Waals surface area (Å²) in [6.07, 6.45) is 6.92. The van der Waals surface area contributed by atoms with Crippen LogP contribution in [-0.4, -0.2) is 29.5 Å². The predicted molar refractivity (Wildman–Crippen MR) is 98.6 cm³/mol. The van der Waals surface area contributed by atoms with Gasteiger partial charge in [-0.15, -0.1) is 0 Å². The molecule has 0 saturated heterocycles. The Kier molecular flexibility index (Phi) is 3.57. The topological polar surface area (TPSA) is 89.2 Å². The van der Waals surface area contributed by atoms with Crippen molar-refractivity contribution in [1.82, 2.24) is 19.4 Å². The Morgan fingerprint density at radius 2 is 2.19 bits per heavy atom. The molecule has 3 heterocycles. The van der Waals surface area contributed by atoms with E-state index in [1.165, 1.54) is 11.3 Å². The first-order valence-electron chi connectivity index (χ1n) is 8.10. The first-order valence-corrected chi connectivity index (χ1v) is 10.1. The van der Waals surface area contributed by atoms with Gasteiger partial charge in [0.05, 0.1) is 16.4 Å². The highest BCUT2D eigenvalue weighted by Gasteiger charge is 2.30. The number of fused-ring (bicyclic) bond motifs is 2. The summed E-state index contributed by atoms with van der Waals surface area (Å²) < 4.78 is 15.6. The van der Waals surface area contributed by atoms with Crippen LogP contribution in [0.1, 0.15) is 12.8 Å². The maximum Gasteiger partial charge on any atom is 0.234 e. The van der Waals surface area contributed by atoms with Crippen LogP contribution >= 0.6 is 11.3 Å². The van der Waals surface area contributed by atoms with Gasteiger partial charge in [-0.2, -0.15) is 0 Å². The fourth-order valence-corrected chi connectivity index (χ4v) is 4.80. The number of nitrogens with zero attached hydrogens (tertiary/aromatic N) is 4. The molecule has 0 spiro atoms. The van der Waals surface area contributed by atoms with Crippen molar-refractivity contribution in [3.8, 4) is 0 Å². The van der Waals surface area contributed by atoms with E-state index >= 15 is 0 Å². The fourth-order valence-electron chi connectivity index (χ4n) is 2.69. The average Bonchev–Trinajstić information content (AvgIpc) is 3.30. The molecule has 3 aromatic heterocycles. The second-order valence-corrected chi connectivity index (χ2v) is 8.52. The van der Waals surface area contributed by atoms with Crippen molar-refractivity contribution in [3.05, 3.63) is 42.9 Å². The number of rotatable bonds is 4. The van der Waals surface area contributed by atoms with Crippen LogP contribution in [-0.2, 0) is 15.6 Å². The Balaban J connectivity index is 1.48. The maximum absolute atomic E-state index is 13.0. The van der Waals surface area contributed by atoms with Crippen molar-refractivity contribution in [2.75, 3.05) is 5.32 Å². The number of hydrogen-bond acceptors (Lipinski definition) is 6. The molecule has 7 nitrogen and oxygen atoms in total. The molecule has 0 aliphatic heterocycles. The van der Waals surface area contributed by atoms with Crippen molar-refractivity contribution < 1.29 is 9.00 Å². The molecule has 1 fully saturated rings. The minimum Gasteiger partial charge on any atom is -0.302 e. The first kappa shape index (κ1) is 15.6. The lowest BCUT2D eigenvalue weighted by atomic mass is 10.3. The number of benzene rings is 1. The van der Waals surface area contributed by atoms with Gasteiger partial charge in [-0.3, -0.25) is 9.20 Å². The van der Waals surface area contributed by atoms with Crippen LogP contribution in [0.2, 0.25) is 0 Å². The van der Waals surface area contributed by atoms with E-state index in [9.17, 15) is 9.00 Å². The van der Waals surface area contributed by atoms with Gasteiger partial charge in [0, 0.05) is 23.2 Å². The third-order valence-electron chi connectivity index (χ3n) is 4.20. The summed E-state index contributed by atoms with van der Waals surface area (Å²) in [5.41, 5.74) is 0.779. The van der Waals surface area contributed by atoms with Crippen LogP contribution in [0.3, 0.4) is 0 Å². The lowest BCUT2D eigenvalue weighted by Crippen LogP contribution is -2.12. The molecular formula is C17H13N5O2S2. The molecule has 1 N–H and O–H groups in total. The van der Waals surface area contributed by atoms with E-state index in [2.05, 4.69) is 20.3 Å². The first-order chi connectivity index (χ1) is 12.7. The van der Waals surface area contributed by atoms with Gasteiger partial charge in [0.25, 0.3) is 0 Å². The van der Waals surface area contributed by atoms with E-state index < -0.39 is 10.8 Å². The molecule has 0 bridgehead atoms. The van der Waals surface area contributed by atoms with Crippen molar-refractivity contribution in [2.24, 2.45) is 5.92 Å². The Morgan fingerprint density at radius 3 is 3.04 bits per heavy atom. The van der Waals surface area contributed by atoms with E-state index in [1.807, 2.05) is 12.1 Å². The zero-order chi connectivity index (χ0) is 17.7. The molecule has 1 amide bonds. The van der Waals surface area contributed by atoms with Gasteiger partial charge in [0.1, 0.15) is 15.8 Å². The summed E-state index contributed by atoms with van der Waals surface area (Å²) in [7, 11) is -1.39. The van der Waals surface area contributed by atoms with Crippen LogP contribution < -0.4 is 5.32 Å². The molecule has 5 rings (SSSR count). The Morgan fingerprint density at radius 1 is 1.31 bits per heavy atom. The zero-order valence-electron chi connectivity index (χ0n) is 13.5. The van der Waals surface area contributed by atoms with E-state index in [4.69, 9.17) is 0 Å². The van der Waals surface area contributed by atoms with Crippen molar-refractivity contribution in [1.29, 1.82) is 0 Å². The van der Waals surface area contributed by atoms with Crippen LogP contribution in [0.25, 0.3) is 16.0 Å². The van der Waals surface area contributed by atoms with Crippen LogP contribution in [0, 0.1) is 5.92 Å². The highest BCUT2D eigenvalue weighted by atomic mass is 32.2. The van der Waals surface area contributed by atoms with Crippen LogP contribution in [0.4, 0.5) is 5.13 Å². The van der Waals surface area contributed by atoms with E-state index in [1.54, 1.807) is 35.1 Å². The van der Waals surface area contributed by atoms with Crippen molar-refractivity contribution in [3.63, 3.8) is 0 Å². The number of carbonyl (C=O) groups excluding carboxylic acids is 1. The molecule has 1 aliphatic carbocycles. The zero-order valence-corrected chi connectivity index (χ0v) is 15.1. The third kappa shape index (κ3) is 2.69. The lowest BCUT2D eigenvalue weighted by molar-refractivity contribution is -0.117. The summed E-state index contributed by atoms with van der Waals surface area (Å²) >= 11 is 1.39. The van der Waals surface area contributed by atoms with E-state index in [0.29, 0.717) is 20.8 Å². The second kappa shape index (κ2) is 5.96.